The van der Waals surface area contributed by atoms with Crippen molar-refractivity contribution in [2.75, 3.05) is 12.3 Å². The highest BCUT2D eigenvalue weighted by molar-refractivity contribution is 5.69. The van der Waals surface area contributed by atoms with Crippen LogP contribution in [0.3, 0.4) is 0 Å². The first-order chi connectivity index (χ1) is 14.0. The van der Waals surface area contributed by atoms with Crippen molar-refractivity contribution in [3.63, 3.8) is 0 Å². The molecule has 0 aliphatic carbocycles. The average molecular weight is 396 g/mol. The lowest BCUT2D eigenvalue weighted by Gasteiger charge is -2.04. The molecule has 0 aromatic carbocycles. The van der Waals surface area contributed by atoms with Crippen molar-refractivity contribution in [1.82, 2.24) is 34.3 Å². The predicted octanol–water partition coefficient (Wildman–Crippen LogP) is 1.41. The van der Waals surface area contributed by atoms with E-state index in [1.54, 1.807) is 24.0 Å². The highest BCUT2D eigenvalue weighted by Crippen LogP contribution is 2.24. The van der Waals surface area contributed by atoms with Gasteiger partial charge in [-0.25, -0.2) is 15.0 Å². The molecule has 11 nitrogen and oxygen atoms in total. The highest BCUT2D eigenvalue weighted by atomic mass is 16.5. The largest absolute Gasteiger partial charge is 0.466 e. The number of aromatic nitrogens is 7. The van der Waals surface area contributed by atoms with Crippen LogP contribution in [0.25, 0.3) is 17.2 Å². The number of carbonyl (C=O) groups excluding carboxylic acids is 1. The summed E-state index contributed by atoms with van der Waals surface area (Å²) in [6.45, 7) is 4.39. The van der Waals surface area contributed by atoms with Gasteiger partial charge in [0.25, 0.3) is 0 Å². The number of oxazole rings is 1. The molecule has 11 heteroatoms. The third-order valence-corrected chi connectivity index (χ3v) is 4.33. The Kier molecular flexibility index (Phi) is 4.94. The van der Waals surface area contributed by atoms with Gasteiger partial charge >= 0.3 is 5.97 Å². The molecule has 0 spiro atoms. The molecule has 4 rings (SSSR count). The van der Waals surface area contributed by atoms with Crippen LogP contribution in [0, 0.1) is 6.92 Å². The standard InChI is InChI=1S/C18H20N8O3/c1-3-28-14(27)5-4-12-8-21-25(9-12)10-13-22-16-11(2)15(17-20-6-7-29-17)23-18(19)26(16)24-13/h6-9H,3-5,10H2,1-2H3,(H2,19,23). The fraction of sp³-hybridized carbons (Fsp3) is 0.333. The highest BCUT2D eigenvalue weighted by Gasteiger charge is 2.18. The van der Waals surface area contributed by atoms with E-state index in [0.29, 0.717) is 49.0 Å². The van der Waals surface area contributed by atoms with E-state index in [1.807, 2.05) is 13.1 Å². The molecule has 4 aromatic rings. The number of rotatable bonds is 7. The van der Waals surface area contributed by atoms with Gasteiger partial charge < -0.3 is 14.9 Å². The topological polar surface area (TPSA) is 139 Å². The van der Waals surface area contributed by atoms with Crippen LogP contribution in [0.4, 0.5) is 5.95 Å². The maximum Gasteiger partial charge on any atom is 0.306 e. The molecule has 0 aliphatic heterocycles. The number of aryl methyl sites for hydroxylation is 2. The summed E-state index contributed by atoms with van der Waals surface area (Å²) in [5.41, 5.74) is 8.85. The Bertz CT molecular complexity index is 1150. The van der Waals surface area contributed by atoms with E-state index < -0.39 is 0 Å². The van der Waals surface area contributed by atoms with Crippen LogP contribution in [0.15, 0.2) is 29.3 Å². The van der Waals surface area contributed by atoms with E-state index in [0.717, 1.165) is 11.1 Å². The Morgan fingerprint density at radius 2 is 2.21 bits per heavy atom. The van der Waals surface area contributed by atoms with Crippen molar-refractivity contribution < 1.29 is 13.9 Å². The molecule has 150 valence electrons. The van der Waals surface area contributed by atoms with Gasteiger partial charge in [0.15, 0.2) is 11.5 Å². The SMILES string of the molecule is CCOC(=O)CCc1cnn(Cc2nc3c(C)c(-c4ncco4)nc(N)n3n2)c1. The molecule has 29 heavy (non-hydrogen) atoms. The number of carbonyl (C=O) groups is 1. The van der Waals surface area contributed by atoms with Gasteiger partial charge in [-0.1, -0.05) is 0 Å². The second-order valence-corrected chi connectivity index (χ2v) is 6.40. The zero-order valence-corrected chi connectivity index (χ0v) is 16.1. The first-order valence-electron chi connectivity index (χ1n) is 9.13. The van der Waals surface area contributed by atoms with E-state index in [4.69, 9.17) is 14.9 Å². The fourth-order valence-corrected chi connectivity index (χ4v) is 2.97. The Morgan fingerprint density at radius 1 is 1.34 bits per heavy atom. The van der Waals surface area contributed by atoms with E-state index in [-0.39, 0.29) is 11.9 Å². The summed E-state index contributed by atoms with van der Waals surface area (Å²) in [7, 11) is 0. The molecule has 0 saturated carbocycles. The minimum atomic E-state index is -0.220. The van der Waals surface area contributed by atoms with Crippen LogP contribution >= 0.6 is 0 Å². The second-order valence-electron chi connectivity index (χ2n) is 6.40. The third-order valence-electron chi connectivity index (χ3n) is 4.33. The van der Waals surface area contributed by atoms with E-state index in [9.17, 15) is 4.79 Å². The fourth-order valence-electron chi connectivity index (χ4n) is 2.97. The molecule has 0 radical (unpaired) electrons. The smallest absolute Gasteiger partial charge is 0.306 e. The summed E-state index contributed by atoms with van der Waals surface area (Å²) in [5.74, 6) is 0.876. The number of nitrogens with two attached hydrogens (primary N) is 1. The maximum atomic E-state index is 11.5. The van der Waals surface area contributed by atoms with Crippen molar-refractivity contribution >= 4 is 17.6 Å². The molecule has 0 amide bonds. The Labute approximate surface area is 165 Å². The van der Waals surface area contributed by atoms with Crippen molar-refractivity contribution in [3.8, 4) is 11.6 Å². The molecular weight excluding hydrogens is 376 g/mol. The summed E-state index contributed by atoms with van der Waals surface area (Å²) in [6, 6.07) is 0. The molecule has 0 bridgehead atoms. The summed E-state index contributed by atoms with van der Waals surface area (Å²) in [6.07, 6.45) is 7.48. The van der Waals surface area contributed by atoms with Gasteiger partial charge in [-0.05, 0) is 25.8 Å². The maximum absolute atomic E-state index is 11.5. The van der Waals surface area contributed by atoms with Crippen molar-refractivity contribution in [2.45, 2.75) is 33.2 Å². The average Bonchev–Trinajstić information content (AvgIpc) is 3.44. The first kappa shape index (κ1) is 18.6. The quantitative estimate of drug-likeness (QED) is 0.459. The minimum Gasteiger partial charge on any atom is -0.466 e. The minimum absolute atomic E-state index is 0.188. The monoisotopic (exact) mass is 396 g/mol. The third kappa shape index (κ3) is 3.79. The normalized spacial score (nSPS) is 11.2. The first-order valence-corrected chi connectivity index (χ1v) is 9.13. The molecule has 0 atom stereocenters. The Balaban J connectivity index is 1.54. The summed E-state index contributed by atoms with van der Waals surface area (Å²) < 4.78 is 13.5. The van der Waals surface area contributed by atoms with Gasteiger partial charge in [-0.15, -0.1) is 5.10 Å². The summed E-state index contributed by atoms with van der Waals surface area (Å²) in [4.78, 5) is 24.5. The number of nitrogens with zero attached hydrogens (tertiary/aromatic N) is 7. The predicted molar refractivity (Wildman–Crippen MR) is 102 cm³/mol. The molecule has 0 saturated heterocycles. The number of ether oxygens (including phenoxy) is 1. The van der Waals surface area contributed by atoms with Crippen LogP contribution in [0.5, 0.6) is 0 Å². The zero-order valence-electron chi connectivity index (χ0n) is 16.1. The van der Waals surface area contributed by atoms with Gasteiger partial charge in [-0.2, -0.15) is 9.61 Å². The van der Waals surface area contributed by atoms with Crippen molar-refractivity contribution in [3.05, 3.63) is 41.8 Å². The number of hydrogen-bond acceptors (Lipinski definition) is 9. The lowest BCUT2D eigenvalue weighted by molar-refractivity contribution is -0.143. The van der Waals surface area contributed by atoms with E-state index in [1.165, 1.54) is 10.8 Å². The van der Waals surface area contributed by atoms with Crippen LogP contribution in [0.2, 0.25) is 0 Å². The van der Waals surface area contributed by atoms with E-state index in [2.05, 4.69) is 25.1 Å². The summed E-state index contributed by atoms with van der Waals surface area (Å²) in [5, 5.41) is 8.74. The van der Waals surface area contributed by atoms with E-state index >= 15 is 0 Å². The van der Waals surface area contributed by atoms with Crippen LogP contribution in [-0.4, -0.2) is 46.9 Å². The van der Waals surface area contributed by atoms with Crippen LogP contribution < -0.4 is 5.73 Å². The molecule has 4 heterocycles. The molecule has 0 fully saturated rings. The number of nitrogen functional groups attached to an aromatic ring is 1. The zero-order chi connectivity index (χ0) is 20.4. The lowest BCUT2D eigenvalue weighted by atomic mass is 10.2. The second kappa shape index (κ2) is 7.70. The summed E-state index contributed by atoms with van der Waals surface area (Å²) >= 11 is 0. The number of anilines is 1. The molecule has 2 N–H and O–H groups in total. The molecule has 0 unspecified atom stereocenters. The van der Waals surface area contributed by atoms with Gasteiger partial charge in [0.2, 0.25) is 11.8 Å². The van der Waals surface area contributed by atoms with Crippen LogP contribution in [0.1, 0.15) is 30.3 Å². The lowest BCUT2D eigenvalue weighted by Crippen LogP contribution is -2.06. The van der Waals surface area contributed by atoms with Crippen molar-refractivity contribution in [2.24, 2.45) is 0 Å². The van der Waals surface area contributed by atoms with Gasteiger partial charge in [0, 0.05) is 18.2 Å². The number of fused-ring (bicyclic) bond motifs is 1. The van der Waals surface area contributed by atoms with Gasteiger partial charge in [0.1, 0.15) is 18.5 Å². The molecule has 0 aliphatic rings. The number of esters is 1. The molecule has 4 aromatic heterocycles. The van der Waals surface area contributed by atoms with Crippen LogP contribution in [-0.2, 0) is 22.5 Å². The number of hydrogen-bond donors (Lipinski definition) is 1. The van der Waals surface area contributed by atoms with Crippen molar-refractivity contribution in [1.29, 1.82) is 0 Å². The molecular formula is C18H20N8O3. The Hall–Kier alpha value is -3.76. The van der Waals surface area contributed by atoms with Gasteiger partial charge in [-0.3, -0.25) is 9.48 Å². The van der Waals surface area contributed by atoms with Gasteiger partial charge in [0.05, 0.1) is 19.0 Å². The Morgan fingerprint density at radius 3 is 2.97 bits per heavy atom.